The van der Waals surface area contributed by atoms with Gasteiger partial charge >= 0.3 is 0 Å². The molecule has 3 aromatic rings. The molecule has 6 nitrogen and oxygen atoms in total. The van der Waals surface area contributed by atoms with Crippen LogP contribution in [0.4, 0.5) is 5.95 Å². The number of carbonyl (C=O) groups excluding carboxylic acids is 2. The summed E-state index contributed by atoms with van der Waals surface area (Å²) in [5.74, 6) is 3.50. The highest BCUT2D eigenvalue weighted by Crippen LogP contribution is 2.55. The molecule has 35 heavy (non-hydrogen) atoms. The maximum Gasteiger partial charge on any atom is 0.261 e. The summed E-state index contributed by atoms with van der Waals surface area (Å²) < 4.78 is 2.11. The Morgan fingerprint density at radius 2 is 1.63 bits per heavy atom. The van der Waals surface area contributed by atoms with Crippen molar-refractivity contribution in [2.75, 3.05) is 17.2 Å². The van der Waals surface area contributed by atoms with Crippen LogP contribution < -0.4 is 10.2 Å². The van der Waals surface area contributed by atoms with Gasteiger partial charge in [-0.2, -0.15) is 0 Å². The fourth-order valence-electron chi connectivity index (χ4n) is 7.64. The van der Waals surface area contributed by atoms with E-state index < -0.39 is 0 Å². The van der Waals surface area contributed by atoms with Gasteiger partial charge in [-0.25, -0.2) is 4.98 Å². The average molecular weight is 487 g/mol. The van der Waals surface area contributed by atoms with Crippen LogP contribution in [0.15, 0.2) is 53.4 Å². The smallest absolute Gasteiger partial charge is 0.261 e. The zero-order chi connectivity index (χ0) is 23.6. The summed E-state index contributed by atoms with van der Waals surface area (Å²) in [5.41, 5.74) is 2.63. The van der Waals surface area contributed by atoms with Crippen LogP contribution in [0.1, 0.15) is 48.9 Å². The lowest BCUT2D eigenvalue weighted by atomic mass is 9.53. The normalized spacial score (nSPS) is 28.5. The van der Waals surface area contributed by atoms with Crippen LogP contribution in [0.3, 0.4) is 0 Å². The van der Waals surface area contributed by atoms with Crippen molar-refractivity contribution in [2.24, 2.45) is 17.8 Å². The zero-order valence-electron chi connectivity index (χ0n) is 19.8. The van der Waals surface area contributed by atoms with E-state index in [4.69, 9.17) is 4.98 Å². The van der Waals surface area contributed by atoms with Crippen molar-refractivity contribution in [2.45, 2.75) is 55.5 Å². The van der Waals surface area contributed by atoms with E-state index in [1.54, 1.807) is 4.90 Å². The number of carbonyl (C=O) groups is 2. The lowest BCUT2D eigenvalue weighted by molar-refractivity contribution is -0.124. The number of hydrogen-bond donors (Lipinski definition) is 1. The Kier molecular flexibility index (Phi) is 4.98. The van der Waals surface area contributed by atoms with Crippen molar-refractivity contribution in [3.63, 3.8) is 0 Å². The molecule has 7 heteroatoms. The molecule has 180 valence electrons. The highest BCUT2D eigenvalue weighted by molar-refractivity contribution is 8.00. The molecule has 1 aromatic heterocycles. The maximum atomic E-state index is 13.6. The topological polar surface area (TPSA) is 67.2 Å². The van der Waals surface area contributed by atoms with Gasteiger partial charge in [0.15, 0.2) is 0 Å². The van der Waals surface area contributed by atoms with Gasteiger partial charge in [-0.1, -0.05) is 24.3 Å². The van der Waals surface area contributed by atoms with Gasteiger partial charge in [0, 0.05) is 23.5 Å². The molecule has 0 unspecified atom stereocenters. The SMILES string of the molecule is O=C(CSc1ccccc1C(=O)N1CCn2c1nc1ccccc12)NC12CC3CC(CC(C3)C1)C2. The maximum absolute atomic E-state index is 13.6. The van der Waals surface area contributed by atoms with E-state index in [1.807, 2.05) is 48.5 Å². The minimum atomic E-state index is -0.0522. The average Bonchev–Trinajstić information content (AvgIpc) is 3.41. The standard InChI is InChI=1S/C28H30N4O2S/c33-25(30-28-14-18-11-19(15-28)13-20(12-18)16-28)17-35-24-8-4-1-5-21(24)26(34)32-10-9-31-23-7-3-2-6-22(23)29-27(31)32/h1-8,18-20H,9-17H2,(H,30,33). The number of amides is 2. The Bertz CT molecular complexity index is 1300. The second-order valence-electron chi connectivity index (χ2n) is 11.0. The number of anilines is 1. The third kappa shape index (κ3) is 3.66. The van der Waals surface area contributed by atoms with Crippen molar-refractivity contribution in [1.82, 2.24) is 14.9 Å². The fraction of sp³-hybridized carbons (Fsp3) is 0.464. The first-order valence-corrected chi connectivity index (χ1v) is 13.9. The summed E-state index contributed by atoms with van der Waals surface area (Å²) in [7, 11) is 0. The zero-order valence-corrected chi connectivity index (χ0v) is 20.6. The number of nitrogens with zero attached hydrogens (tertiary/aromatic N) is 3. The molecule has 1 aliphatic heterocycles. The van der Waals surface area contributed by atoms with Crippen molar-refractivity contribution in [1.29, 1.82) is 0 Å². The van der Waals surface area contributed by atoms with Crippen LogP contribution in [-0.2, 0) is 11.3 Å². The first-order valence-electron chi connectivity index (χ1n) is 12.9. The van der Waals surface area contributed by atoms with Crippen LogP contribution in [0, 0.1) is 17.8 Å². The number of para-hydroxylation sites is 2. The lowest BCUT2D eigenvalue weighted by Gasteiger charge is -2.56. The molecule has 4 aliphatic carbocycles. The molecule has 2 amide bonds. The van der Waals surface area contributed by atoms with Gasteiger partial charge in [0.25, 0.3) is 5.91 Å². The Morgan fingerprint density at radius 1 is 0.943 bits per heavy atom. The minimum absolute atomic E-state index is 0.0242. The number of imidazole rings is 1. The molecule has 2 heterocycles. The second kappa shape index (κ2) is 8.12. The first-order chi connectivity index (χ1) is 17.1. The molecule has 2 aromatic carbocycles. The molecule has 1 N–H and O–H groups in total. The number of benzene rings is 2. The van der Waals surface area contributed by atoms with Crippen molar-refractivity contribution in [3.05, 3.63) is 54.1 Å². The van der Waals surface area contributed by atoms with Gasteiger partial charge in [0.2, 0.25) is 11.9 Å². The summed E-state index contributed by atoms with van der Waals surface area (Å²) in [6.07, 6.45) is 7.55. The van der Waals surface area contributed by atoms with Gasteiger partial charge in [-0.3, -0.25) is 14.5 Å². The van der Waals surface area contributed by atoms with Crippen molar-refractivity contribution in [3.8, 4) is 0 Å². The predicted molar refractivity (Wildman–Crippen MR) is 138 cm³/mol. The highest BCUT2D eigenvalue weighted by atomic mass is 32.2. The van der Waals surface area contributed by atoms with E-state index >= 15 is 0 Å². The Labute approximate surface area is 209 Å². The molecule has 0 radical (unpaired) electrons. The number of thioether (sulfide) groups is 1. The summed E-state index contributed by atoms with van der Waals surface area (Å²) in [6, 6.07) is 15.7. The van der Waals surface area contributed by atoms with E-state index in [2.05, 4.69) is 9.88 Å². The molecule has 0 saturated heterocycles. The summed E-state index contributed by atoms with van der Waals surface area (Å²) in [6.45, 7) is 1.35. The van der Waals surface area contributed by atoms with Gasteiger partial charge < -0.3 is 9.88 Å². The van der Waals surface area contributed by atoms with Crippen LogP contribution >= 0.6 is 11.8 Å². The fourth-order valence-corrected chi connectivity index (χ4v) is 8.48. The van der Waals surface area contributed by atoms with E-state index in [1.165, 1.54) is 31.0 Å². The number of rotatable bonds is 5. The summed E-state index contributed by atoms with van der Waals surface area (Å²) in [5, 5.41) is 3.46. The van der Waals surface area contributed by atoms with Gasteiger partial charge in [0.05, 0.1) is 22.3 Å². The van der Waals surface area contributed by atoms with Crippen LogP contribution in [0.2, 0.25) is 0 Å². The molecule has 0 atom stereocenters. The molecule has 8 rings (SSSR count). The summed E-state index contributed by atoms with van der Waals surface area (Å²) in [4.78, 5) is 34.0. The Hall–Kier alpha value is -2.80. The molecule has 4 saturated carbocycles. The monoisotopic (exact) mass is 486 g/mol. The van der Waals surface area contributed by atoms with Gasteiger partial charge in [0.1, 0.15) is 0 Å². The first kappa shape index (κ1) is 21.5. The van der Waals surface area contributed by atoms with Crippen molar-refractivity contribution < 1.29 is 9.59 Å². The molecule has 4 bridgehead atoms. The van der Waals surface area contributed by atoms with E-state index in [0.29, 0.717) is 23.8 Å². The largest absolute Gasteiger partial charge is 0.350 e. The Morgan fingerprint density at radius 3 is 2.40 bits per heavy atom. The number of hydrogen-bond acceptors (Lipinski definition) is 4. The number of aromatic nitrogens is 2. The predicted octanol–water partition coefficient (Wildman–Crippen LogP) is 4.87. The van der Waals surface area contributed by atoms with Gasteiger partial charge in [-0.15, -0.1) is 11.8 Å². The molecular weight excluding hydrogens is 456 g/mol. The molecule has 5 aliphatic rings. The van der Waals surface area contributed by atoms with Crippen LogP contribution in [0.5, 0.6) is 0 Å². The lowest BCUT2D eigenvalue weighted by Crippen LogP contribution is -2.60. The second-order valence-corrected chi connectivity index (χ2v) is 12.1. The Balaban J connectivity index is 1.06. The number of nitrogens with one attached hydrogen (secondary N) is 1. The van der Waals surface area contributed by atoms with Crippen LogP contribution in [-0.4, -0.2) is 39.2 Å². The van der Waals surface area contributed by atoms with Crippen LogP contribution in [0.25, 0.3) is 11.0 Å². The third-order valence-corrected chi connectivity index (χ3v) is 9.66. The molecular formula is C28H30N4O2S. The number of fused-ring (bicyclic) bond motifs is 3. The van der Waals surface area contributed by atoms with E-state index in [-0.39, 0.29) is 17.4 Å². The highest BCUT2D eigenvalue weighted by Gasteiger charge is 2.51. The quantitative estimate of drug-likeness (QED) is 0.523. The van der Waals surface area contributed by atoms with Crippen molar-refractivity contribution >= 4 is 40.6 Å². The summed E-state index contributed by atoms with van der Waals surface area (Å²) >= 11 is 1.47. The minimum Gasteiger partial charge on any atom is -0.350 e. The van der Waals surface area contributed by atoms with E-state index in [9.17, 15) is 9.59 Å². The van der Waals surface area contributed by atoms with E-state index in [0.717, 1.165) is 59.5 Å². The molecule has 4 fully saturated rings. The molecule has 0 spiro atoms. The van der Waals surface area contributed by atoms with Gasteiger partial charge in [-0.05, 0) is 80.5 Å². The third-order valence-electron chi connectivity index (χ3n) is 8.59.